The van der Waals surface area contributed by atoms with Gasteiger partial charge in [-0.15, -0.1) is 0 Å². The molecule has 1 aromatic heterocycles. The summed E-state index contributed by atoms with van der Waals surface area (Å²) in [7, 11) is 3.25. The Bertz CT molecular complexity index is 898. The van der Waals surface area contributed by atoms with Gasteiger partial charge in [0.05, 0.1) is 19.9 Å². The third kappa shape index (κ3) is 4.67. The lowest BCUT2D eigenvalue weighted by molar-refractivity contribution is 0.395. The van der Waals surface area contributed by atoms with Crippen LogP contribution in [-0.2, 0) is 0 Å². The highest BCUT2D eigenvalue weighted by atomic mass is 16.5. The highest BCUT2D eigenvalue weighted by Crippen LogP contribution is 2.32. The van der Waals surface area contributed by atoms with Crippen LogP contribution in [0.5, 0.6) is 11.5 Å². The van der Waals surface area contributed by atoms with Crippen LogP contribution in [0.1, 0.15) is 13.8 Å². The van der Waals surface area contributed by atoms with Gasteiger partial charge in [-0.2, -0.15) is 0 Å². The number of aromatic nitrogens is 2. The van der Waals surface area contributed by atoms with Gasteiger partial charge in [0, 0.05) is 23.7 Å². The van der Waals surface area contributed by atoms with Crippen LogP contribution in [0.25, 0.3) is 11.4 Å². The van der Waals surface area contributed by atoms with Crippen molar-refractivity contribution in [2.45, 2.75) is 19.9 Å². The molecular formula is C21H24N4O2. The van der Waals surface area contributed by atoms with Crippen LogP contribution >= 0.6 is 0 Å². The molecular weight excluding hydrogens is 340 g/mol. The van der Waals surface area contributed by atoms with E-state index in [9.17, 15) is 0 Å². The first kappa shape index (κ1) is 18.5. The zero-order valence-electron chi connectivity index (χ0n) is 16.0. The molecule has 3 rings (SSSR count). The maximum atomic E-state index is 5.47. The minimum atomic E-state index is 0.256. The average molecular weight is 364 g/mol. The molecule has 6 heteroatoms. The van der Waals surface area contributed by atoms with E-state index in [1.165, 1.54) is 0 Å². The Morgan fingerprint density at radius 1 is 0.852 bits per heavy atom. The average Bonchev–Trinajstić information content (AvgIpc) is 2.68. The van der Waals surface area contributed by atoms with Crippen LogP contribution in [0, 0.1) is 0 Å². The van der Waals surface area contributed by atoms with E-state index >= 15 is 0 Å². The molecule has 0 bridgehead atoms. The van der Waals surface area contributed by atoms with Gasteiger partial charge in [-0.05, 0) is 26.0 Å². The predicted octanol–water partition coefficient (Wildman–Crippen LogP) is 4.72. The first-order chi connectivity index (χ1) is 13.1. The molecule has 0 atom stereocenters. The third-order valence-corrected chi connectivity index (χ3v) is 3.87. The maximum Gasteiger partial charge on any atom is 0.163 e. The van der Waals surface area contributed by atoms with Crippen LogP contribution < -0.4 is 20.1 Å². The Labute approximate surface area is 159 Å². The van der Waals surface area contributed by atoms with Crippen molar-refractivity contribution < 1.29 is 9.47 Å². The molecule has 27 heavy (non-hydrogen) atoms. The van der Waals surface area contributed by atoms with E-state index in [4.69, 9.17) is 9.47 Å². The molecule has 0 aliphatic carbocycles. The number of hydrogen-bond donors (Lipinski definition) is 2. The Balaban J connectivity index is 1.99. The van der Waals surface area contributed by atoms with Gasteiger partial charge in [0.2, 0.25) is 0 Å². The van der Waals surface area contributed by atoms with Gasteiger partial charge in [0.15, 0.2) is 5.82 Å². The summed E-state index contributed by atoms with van der Waals surface area (Å²) in [6, 6.07) is 17.6. The monoisotopic (exact) mass is 364 g/mol. The predicted molar refractivity (Wildman–Crippen MR) is 109 cm³/mol. The molecule has 0 spiro atoms. The molecule has 0 unspecified atom stereocenters. The minimum Gasteiger partial charge on any atom is -0.497 e. The molecule has 0 fully saturated rings. The fourth-order valence-corrected chi connectivity index (χ4v) is 2.64. The van der Waals surface area contributed by atoms with E-state index < -0.39 is 0 Å². The van der Waals surface area contributed by atoms with E-state index in [0.717, 1.165) is 22.8 Å². The summed E-state index contributed by atoms with van der Waals surface area (Å²) < 4.78 is 10.7. The van der Waals surface area contributed by atoms with Crippen molar-refractivity contribution in [1.82, 2.24) is 9.97 Å². The van der Waals surface area contributed by atoms with E-state index in [0.29, 0.717) is 17.4 Å². The summed E-state index contributed by atoms with van der Waals surface area (Å²) in [6.07, 6.45) is 0. The number of benzene rings is 2. The normalized spacial score (nSPS) is 10.6. The first-order valence-electron chi connectivity index (χ1n) is 8.79. The largest absolute Gasteiger partial charge is 0.497 e. The summed E-state index contributed by atoms with van der Waals surface area (Å²) >= 11 is 0. The van der Waals surface area contributed by atoms with Gasteiger partial charge in [-0.1, -0.05) is 30.3 Å². The first-order valence-corrected chi connectivity index (χ1v) is 8.79. The van der Waals surface area contributed by atoms with Crippen LogP contribution in [0.3, 0.4) is 0 Å². The Hall–Kier alpha value is -3.28. The molecule has 0 aliphatic heterocycles. The van der Waals surface area contributed by atoms with Crippen molar-refractivity contribution in [2.24, 2.45) is 0 Å². The lowest BCUT2D eigenvalue weighted by atomic mass is 10.2. The molecule has 0 saturated heterocycles. The zero-order chi connectivity index (χ0) is 19.2. The Kier molecular flexibility index (Phi) is 5.76. The topological polar surface area (TPSA) is 68.3 Å². The molecule has 0 radical (unpaired) electrons. The Morgan fingerprint density at radius 3 is 2.26 bits per heavy atom. The molecule has 2 aromatic carbocycles. The SMILES string of the molecule is COc1ccc(Nc2cc(NC(C)C)nc(-c3ccccc3)n2)c(OC)c1. The van der Waals surface area contributed by atoms with Gasteiger partial charge in [0.25, 0.3) is 0 Å². The van der Waals surface area contributed by atoms with Gasteiger partial charge in [-0.3, -0.25) is 0 Å². The van der Waals surface area contributed by atoms with Crippen LogP contribution in [-0.4, -0.2) is 30.2 Å². The second kappa shape index (κ2) is 8.40. The Morgan fingerprint density at radius 2 is 1.59 bits per heavy atom. The molecule has 0 amide bonds. The second-order valence-corrected chi connectivity index (χ2v) is 6.32. The van der Waals surface area contributed by atoms with Crippen molar-refractivity contribution in [3.05, 3.63) is 54.6 Å². The quantitative estimate of drug-likeness (QED) is 0.632. The summed E-state index contributed by atoms with van der Waals surface area (Å²) in [6.45, 7) is 4.15. The fourth-order valence-electron chi connectivity index (χ4n) is 2.64. The molecule has 6 nitrogen and oxygen atoms in total. The van der Waals surface area contributed by atoms with Gasteiger partial charge >= 0.3 is 0 Å². The lowest BCUT2D eigenvalue weighted by Gasteiger charge is -2.15. The number of ether oxygens (including phenoxy) is 2. The highest BCUT2D eigenvalue weighted by Gasteiger charge is 2.11. The van der Waals surface area contributed by atoms with E-state index in [-0.39, 0.29) is 6.04 Å². The second-order valence-electron chi connectivity index (χ2n) is 6.32. The van der Waals surface area contributed by atoms with Crippen molar-refractivity contribution >= 4 is 17.3 Å². The van der Waals surface area contributed by atoms with E-state index in [2.05, 4.69) is 34.4 Å². The van der Waals surface area contributed by atoms with Crippen LogP contribution in [0.4, 0.5) is 17.3 Å². The van der Waals surface area contributed by atoms with Crippen molar-refractivity contribution in [3.8, 4) is 22.9 Å². The number of methoxy groups -OCH3 is 2. The highest BCUT2D eigenvalue weighted by molar-refractivity contribution is 5.69. The van der Waals surface area contributed by atoms with Crippen LogP contribution in [0.2, 0.25) is 0 Å². The van der Waals surface area contributed by atoms with E-state index in [1.54, 1.807) is 14.2 Å². The van der Waals surface area contributed by atoms with Gasteiger partial charge in [-0.25, -0.2) is 9.97 Å². The molecule has 3 aromatic rings. The summed E-state index contributed by atoms with van der Waals surface area (Å²) in [5, 5.41) is 6.67. The van der Waals surface area contributed by atoms with Crippen molar-refractivity contribution in [1.29, 1.82) is 0 Å². The van der Waals surface area contributed by atoms with Crippen molar-refractivity contribution in [2.75, 3.05) is 24.9 Å². The van der Waals surface area contributed by atoms with Gasteiger partial charge < -0.3 is 20.1 Å². The number of nitrogens with zero attached hydrogens (tertiary/aromatic N) is 2. The molecule has 2 N–H and O–H groups in total. The summed E-state index contributed by atoms with van der Waals surface area (Å²) in [4.78, 5) is 9.32. The van der Waals surface area contributed by atoms with Gasteiger partial charge in [0.1, 0.15) is 23.1 Å². The molecule has 1 heterocycles. The standard InChI is InChI=1S/C21H24N4O2/c1-14(2)22-19-13-20(25-21(24-19)15-8-6-5-7-9-15)23-17-11-10-16(26-3)12-18(17)27-4/h5-14H,1-4H3,(H2,22,23,24,25). The number of nitrogens with one attached hydrogen (secondary N) is 2. The molecule has 0 aliphatic rings. The smallest absolute Gasteiger partial charge is 0.163 e. The van der Waals surface area contributed by atoms with E-state index in [1.807, 2.05) is 54.6 Å². The summed E-state index contributed by atoms with van der Waals surface area (Å²) in [5.74, 6) is 3.49. The van der Waals surface area contributed by atoms with Crippen molar-refractivity contribution in [3.63, 3.8) is 0 Å². The number of rotatable bonds is 7. The lowest BCUT2D eigenvalue weighted by Crippen LogP contribution is -2.12. The fraction of sp³-hybridized carbons (Fsp3) is 0.238. The summed E-state index contributed by atoms with van der Waals surface area (Å²) in [5.41, 5.74) is 1.75. The van der Waals surface area contributed by atoms with Crippen LogP contribution in [0.15, 0.2) is 54.6 Å². The number of anilines is 3. The number of hydrogen-bond acceptors (Lipinski definition) is 6. The minimum absolute atomic E-state index is 0.256. The maximum absolute atomic E-state index is 5.47. The zero-order valence-corrected chi connectivity index (χ0v) is 16.0. The third-order valence-electron chi connectivity index (χ3n) is 3.87. The molecule has 0 saturated carbocycles. The molecule has 140 valence electrons.